The number of Topliss-reactive ketones (excluding diaryl/α,β-unsaturated/α-hetero) is 1. The molecule has 0 aromatic rings. The van der Waals surface area contributed by atoms with Crippen LogP contribution in [-0.4, -0.2) is 16.0 Å². The minimum Gasteiger partial charge on any atom is -0.512 e. The van der Waals surface area contributed by atoms with E-state index >= 15 is 0 Å². The summed E-state index contributed by atoms with van der Waals surface area (Å²) in [5.74, 6) is -0.419. The second-order valence-electron chi connectivity index (χ2n) is 5.09. The van der Waals surface area contributed by atoms with E-state index in [9.17, 15) is 15.0 Å². The van der Waals surface area contributed by atoms with Crippen molar-refractivity contribution in [2.24, 2.45) is 11.3 Å². The van der Waals surface area contributed by atoms with Crippen molar-refractivity contribution in [3.8, 4) is 0 Å². The molecule has 1 unspecified atom stereocenters. The number of allylic oxidation sites excluding steroid dienone is 3. The molecule has 16 heavy (non-hydrogen) atoms. The molecule has 0 amide bonds. The second kappa shape index (κ2) is 4.32. The topological polar surface area (TPSA) is 57.5 Å². The Balaban J connectivity index is 3.23. The van der Waals surface area contributed by atoms with E-state index in [1.165, 1.54) is 0 Å². The lowest BCUT2D eigenvalue weighted by Gasteiger charge is -2.37. The molecule has 90 valence electrons. The third kappa shape index (κ3) is 2.13. The van der Waals surface area contributed by atoms with Crippen LogP contribution in [0.5, 0.6) is 0 Å². The number of hydrogen-bond donors (Lipinski definition) is 2. The molecular weight excluding hydrogens is 204 g/mol. The highest BCUT2D eigenvalue weighted by Crippen LogP contribution is 2.44. The van der Waals surface area contributed by atoms with E-state index in [1.54, 1.807) is 13.0 Å². The Hall–Kier alpha value is -1.25. The fraction of sp³-hybridized carbons (Fsp3) is 0.615. The molecule has 0 bridgehead atoms. The fourth-order valence-electron chi connectivity index (χ4n) is 2.49. The molecule has 0 fully saturated rings. The molecule has 0 radical (unpaired) electrons. The molecule has 0 saturated carbocycles. The van der Waals surface area contributed by atoms with Crippen LogP contribution in [0.25, 0.3) is 0 Å². The van der Waals surface area contributed by atoms with Gasteiger partial charge in [-0.15, -0.1) is 0 Å². The van der Waals surface area contributed by atoms with E-state index in [2.05, 4.69) is 0 Å². The molecule has 0 aromatic heterocycles. The van der Waals surface area contributed by atoms with E-state index < -0.39 is 0 Å². The maximum Gasteiger partial charge on any atom is 0.197 e. The summed E-state index contributed by atoms with van der Waals surface area (Å²) in [5.41, 5.74) is 0.229. The normalized spacial score (nSPS) is 26.1. The highest BCUT2D eigenvalue weighted by atomic mass is 16.3. The Morgan fingerprint density at radius 2 is 2.12 bits per heavy atom. The van der Waals surface area contributed by atoms with E-state index in [4.69, 9.17) is 0 Å². The molecule has 0 saturated heterocycles. The molecule has 1 rings (SSSR count). The molecule has 2 N–H and O–H groups in total. The van der Waals surface area contributed by atoms with Gasteiger partial charge >= 0.3 is 0 Å². The Morgan fingerprint density at radius 1 is 1.56 bits per heavy atom. The lowest BCUT2D eigenvalue weighted by Crippen LogP contribution is -2.35. The summed E-state index contributed by atoms with van der Waals surface area (Å²) in [6, 6.07) is 0. The van der Waals surface area contributed by atoms with Gasteiger partial charge in [-0.05, 0) is 30.4 Å². The molecule has 3 heteroatoms. The maximum atomic E-state index is 11.5. The van der Waals surface area contributed by atoms with Gasteiger partial charge in [-0.2, -0.15) is 0 Å². The van der Waals surface area contributed by atoms with Crippen LogP contribution in [0.1, 0.15) is 40.5 Å². The van der Waals surface area contributed by atoms with Crippen molar-refractivity contribution in [1.29, 1.82) is 0 Å². The van der Waals surface area contributed by atoms with E-state index in [-0.39, 0.29) is 35.1 Å². The first-order valence-electron chi connectivity index (χ1n) is 5.63. The van der Waals surface area contributed by atoms with Crippen LogP contribution in [-0.2, 0) is 4.79 Å². The zero-order valence-electron chi connectivity index (χ0n) is 10.4. The average molecular weight is 224 g/mol. The molecule has 0 aromatic carbocycles. The second-order valence-corrected chi connectivity index (χ2v) is 5.09. The summed E-state index contributed by atoms with van der Waals surface area (Å²) in [6.45, 7) is 7.52. The Kier molecular flexibility index (Phi) is 3.46. The van der Waals surface area contributed by atoms with Crippen molar-refractivity contribution in [2.75, 3.05) is 0 Å². The van der Waals surface area contributed by atoms with Crippen LogP contribution in [0.3, 0.4) is 0 Å². The zero-order chi connectivity index (χ0) is 12.5. The van der Waals surface area contributed by atoms with Gasteiger partial charge in [0.25, 0.3) is 0 Å². The predicted octanol–water partition coefficient (Wildman–Crippen LogP) is 3.29. The Morgan fingerprint density at radius 3 is 2.62 bits per heavy atom. The van der Waals surface area contributed by atoms with Crippen molar-refractivity contribution in [3.05, 3.63) is 23.2 Å². The first-order valence-corrected chi connectivity index (χ1v) is 5.63. The Labute approximate surface area is 96.5 Å². The lowest BCUT2D eigenvalue weighted by atomic mass is 9.66. The number of carbonyl (C=O) groups excluding carboxylic acids is 1. The van der Waals surface area contributed by atoms with Crippen molar-refractivity contribution in [3.63, 3.8) is 0 Å². The molecule has 1 atom stereocenters. The molecule has 0 aliphatic heterocycles. The first-order chi connectivity index (χ1) is 7.31. The fourth-order valence-corrected chi connectivity index (χ4v) is 2.49. The van der Waals surface area contributed by atoms with Gasteiger partial charge in [-0.1, -0.05) is 20.8 Å². The smallest absolute Gasteiger partial charge is 0.197 e. The number of aliphatic hydroxyl groups is 2. The summed E-state index contributed by atoms with van der Waals surface area (Å²) in [4.78, 5) is 11.5. The number of rotatable bonds is 2. The van der Waals surface area contributed by atoms with Gasteiger partial charge in [0.05, 0.1) is 5.76 Å². The number of ketones is 1. The third-order valence-electron chi connectivity index (χ3n) is 3.18. The summed E-state index contributed by atoms with van der Waals surface area (Å²) < 4.78 is 0. The van der Waals surface area contributed by atoms with Gasteiger partial charge in [0, 0.05) is 12.3 Å². The summed E-state index contributed by atoms with van der Waals surface area (Å²) in [5, 5.41) is 19.6. The van der Waals surface area contributed by atoms with Crippen LogP contribution in [0.2, 0.25) is 0 Å². The van der Waals surface area contributed by atoms with E-state index in [0.29, 0.717) is 5.57 Å². The SMILES string of the molecule is CC/C=C(\O)C1C(C)=C(O)C(=O)CC1(C)C. The minimum absolute atomic E-state index is 0.180. The summed E-state index contributed by atoms with van der Waals surface area (Å²) >= 11 is 0. The monoisotopic (exact) mass is 224 g/mol. The Bertz CT molecular complexity index is 361. The molecule has 1 aliphatic rings. The molecule has 0 heterocycles. The van der Waals surface area contributed by atoms with Crippen LogP contribution in [0.4, 0.5) is 0 Å². The first kappa shape index (κ1) is 12.8. The van der Waals surface area contributed by atoms with E-state index in [0.717, 1.165) is 6.42 Å². The maximum absolute atomic E-state index is 11.5. The minimum atomic E-state index is -0.344. The van der Waals surface area contributed by atoms with Gasteiger partial charge in [0.2, 0.25) is 0 Å². The van der Waals surface area contributed by atoms with Crippen molar-refractivity contribution < 1.29 is 15.0 Å². The molecule has 0 spiro atoms. The third-order valence-corrected chi connectivity index (χ3v) is 3.18. The van der Waals surface area contributed by atoms with Crippen LogP contribution < -0.4 is 0 Å². The summed E-state index contributed by atoms with van der Waals surface area (Å²) in [6.07, 6.45) is 2.74. The van der Waals surface area contributed by atoms with Crippen molar-refractivity contribution in [1.82, 2.24) is 0 Å². The van der Waals surface area contributed by atoms with Gasteiger partial charge in [-0.25, -0.2) is 0 Å². The average Bonchev–Trinajstić information content (AvgIpc) is 2.13. The molecular formula is C13H20O3. The van der Waals surface area contributed by atoms with Crippen molar-refractivity contribution in [2.45, 2.75) is 40.5 Å². The highest BCUT2D eigenvalue weighted by Gasteiger charge is 2.42. The molecule has 1 aliphatic carbocycles. The highest BCUT2D eigenvalue weighted by molar-refractivity contribution is 5.95. The van der Waals surface area contributed by atoms with Gasteiger partial charge in [0.1, 0.15) is 0 Å². The standard InChI is InChI=1S/C13H20O3/c1-5-6-9(14)11-8(2)12(16)10(15)7-13(11,3)4/h6,11,14,16H,5,7H2,1-4H3/b9-6-. The largest absolute Gasteiger partial charge is 0.512 e. The van der Waals surface area contributed by atoms with E-state index in [1.807, 2.05) is 20.8 Å². The quantitative estimate of drug-likeness (QED) is 0.708. The number of carbonyl (C=O) groups is 1. The van der Waals surface area contributed by atoms with Gasteiger partial charge in [0.15, 0.2) is 11.5 Å². The zero-order valence-corrected chi connectivity index (χ0v) is 10.4. The predicted molar refractivity (Wildman–Crippen MR) is 63.2 cm³/mol. The van der Waals surface area contributed by atoms with Crippen LogP contribution >= 0.6 is 0 Å². The molecule has 3 nitrogen and oxygen atoms in total. The van der Waals surface area contributed by atoms with Gasteiger partial charge < -0.3 is 10.2 Å². The summed E-state index contributed by atoms with van der Waals surface area (Å²) in [7, 11) is 0. The van der Waals surface area contributed by atoms with Crippen LogP contribution in [0, 0.1) is 11.3 Å². The lowest BCUT2D eigenvalue weighted by molar-refractivity contribution is -0.121. The van der Waals surface area contributed by atoms with Crippen LogP contribution in [0.15, 0.2) is 23.2 Å². The van der Waals surface area contributed by atoms with Gasteiger partial charge in [-0.3, -0.25) is 4.79 Å². The van der Waals surface area contributed by atoms with Crippen molar-refractivity contribution >= 4 is 5.78 Å². The number of hydrogen-bond acceptors (Lipinski definition) is 3. The number of aliphatic hydroxyl groups excluding tert-OH is 2.